The fraction of sp³-hybridized carbons (Fsp3) is 0.292. The molecule has 5 rings (SSSR count). The molecule has 0 radical (unpaired) electrons. The van der Waals surface area contributed by atoms with Crippen LogP contribution in [0.5, 0.6) is 0 Å². The van der Waals surface area contributed by atoms with Crippen molar-refractivity contribution in [3.63, 3.8) is 0 Å². The first-order valence-electron chi connectivity index (χ1n) is 10.9. The number of alkyl halides is 3. The smallest absolute Gasteiger partial charge is 0.356 e. The van der Waals surface area contributed by atoms with Gasteiger partial charge in [-0.25, -0.2) is 4.98 Å². The zero-order valence-electron chi connectivity index (χ0n) is 18.5. The quantitative estimate of drug-likeness (QED) is 0.451. The van der Waals surface area contributed by atoms with E-state index in [1.54, 1.807) is 6.20 Å². The van der Waals surface area contributed by atoms with E-state index in [0.29, 0.717) is 24.7 Å². The summed E-state index contributed by atoms with van der Waals surface area (Å²) in [5, 5.41) is 11.1. The van der Waals surface area contributed by atoms with Gasteiger partial charge in [-0.15, -0.1) is 0 Å². The van der Waals surface area contributed by atoms with Crippen molar-refractivity contribution < 1.29 is 17.7 Å². The van der Waals surface area contributed by atoms with Gasteiger partial charge in [0.05, 0.1) is 23.7 Å². The van der Waals surface area contributed by atoms with E-state index < -0.39 is 11.7 Å². The van der Waals surface area contributed by atoms with Crippen LogP contribution in [0.15, 0.2) is 65.6 Å². The normalized spacial score (nSPS) is 17.3. The first-order chi connectivity index (χ1) is 16.4. The summed E-state index contributed by atoms with van der Waals surface area (Å²) in [6, 6.07) is 12.5. The van der Waals surface area contributed by atoms with Gasteiger partial charge >= 0.3 is 6.18 Å². The molecule has 0 amide bonds. The number of halogens is 3. The number of anilines is 1. The second kappa shape index (κ2) is 8.94. The van der Waals surface area contributed by atoms with Crippen molar-refractivity contribution in [1.29, 1.82) is 0 Å². The Morgan fingerprint density at radius 1 is 1.03 bits per heavy atom. The number of pyridine rings is 1. The SMILES string of the molecule is C[C@@H]1CN(Cc2cn[nH]c2-c2ccc(-c3ccno3)cc2)CCN1c1ccc(C(F)(F)F)cn1. The van der Waals surface area contributed by atoms with Crippen molar-refractivity contribution in [3.8, 4) is 22.6 Å². The molecule has 1 saturated heterocycles. The maximum Gasteiger partial charge on any atom is 0.417 e. The number of benzene rings is 1. The molecule has 0 saturated carbocycles. The van der Waals surface area contributed by atoms with Gasteiger partial charge in [0.2, 0.25) is 0 Å². The van der Waals surface area contributed by atoms with Crippen molar-refractivity contribution in [3.05, 3.63) is 72.2 Å². The van der Waals surface area contributed by atoms with Crippen LogP contribution in [0.1, 0.15) is 18.1 Å². The van der Waals surface area contributed by atoms with Crippen LogP contribution in [-0.2, 0) is 12.7 Å². The van der Waals surface area contributed by atoms with Crippen LogP contribution < -0.4 is 4.90 Å². The van der Waals surface area contributed by atoms with Gasteiger partial charge in [0.15, 0.2) is 5.76 Å². The van der Waals surface area contributed by atoms with Crippen LogP contribution in [0.3, 0.4) is 0 Å². The Morgan fingerprint density at radius 3 is 2.47 bits per heavy atom. The van der Waals surface area contributed by atoms with Gasteiger partial charge in [0.1, 0.15) is 5.82 Å². The van der Waals surface area contributed by atoms with Crippen LogP contribution >= 0.6 is 0 Å². The molecule has 4 aromatic rings. The first-order valence-corrected chi connectivity index (χ1v) is 10.9. The summed E-state index contributed by atoms with van der Waals surface area (Å²) < 4.78 is 43.7. The Hall–Kier alpha value is -3.66. The number of hydrogen-bond acceptors (Lipinski definition) is 6. The van der Waals surface area contributed by atoms with Gasteiger partial charge in [0, 0.05) is 55.6 Å². The van der Waals surface area contributed by atoms with Crippen molar-refractivity contribution in [1.82, 2.24) is 25.2 Å². The zero-order chi connectivity index (χ0) is 23.7. The van der Waals surface area contributed by atoms with E-state index in [2.05, 4.69) is 37.1 Å². The Kier molecular flexibility index (Phi) is 5.82. The predicted molar refractivity (Wildman–Crippen MR) is 121 cm³/mol. The third-order valence-electron chi connectivity index (χ3n) is 6.09. The number of H-pyrrole nitrogens is 1. The zero-order valence-corrected chi connectivity index (χ0v) is 18.5. The fourth-order valence-corrected chi connectivity index (χ4v) is 4.33. The van der Waals surface area contributed by atoms with Crippen LogP contribution in [0.25, 0.3) is 22.6 Å². The summed E-state index contributed by atoms with van der Waals surface area (Å²) in [5.74, 6) is 1.28. The Balaban J connectivity index is 1.24. The van der Waals surface area contributed by atoms with E-state index in [9.17, 15) is 13.2 Å². The Labute approximate surface area is 194 Å². The summed E-state index contributed by atoms with van der Waals surface area (Å²) >= 11 is 0. The largest absolute Gasteiger partial charge is 0.417 e. The standard InChI is InChI=1S/C24H23F3N6O/c1-16-14-32(10-11-33(16)22-7-6-20(13-28-22)24(25,26)27)15-19-12-29-31-23(19)18-4-2-17(3-5-18)21-8-9-30-34-21/h2-9,12-13,16H,10-11,14-15H2,1H3,(H,29,31)/t16-/m1/s1. The molecule has 1 N–H and O–H groups in total. The molecule has 10 heteroatoms. The van der Waals surface area contributed by atoms with Gasteiger partial charge in [-0.2, -0.15) is 18.3 Å². The average Bonchev–Trinajstić information content (AvgIpc) is 3.51. The van der Waals surface area contributed by atoms with Crippen LogP contribution in [0.4, 0.5) is 19.0 Å². The highest BCUT2D eigenvalue weighted by molar-refractivity contribution is 5.67. The van der Waals surface area contributed by atoms with Gasteiger partial charge in [-0.05, 0) is 24.6 Å². The maximum absolute atomic E-state index is 12.8. The lowest BCUT2D eigenvalue weighted by Gasteiger charge is -2.40. The second-order valence-electron chi connectivity index (χ2n) is 8.40. The first kappa shape index (κ1) is 22.1. The molecule has 1 aromatic carbocycles. The van der Waals surface area contributed by atoms with Crippen LogP contribution in [0.2, 0.25) is 0 Å². The summed E-state index contributed by atoms with van der Waals surface area (Å²) in [5.41, 5.74) is 3.29. The van der Waals surface area contributed by atoms with Crippen molar-refractivity contribution in [2.45, 2.75) is 25.7 Å². The van der Waals surface area contributed by atoms with Crippen molar-refractivity contribution >= 4 is 5.82 Å². The van der Waals surface area contributed by atoms with Crippen LogP contribution in [-0.4, -0.2) is 50.9 Å². The molecule has 3 aromatic heterocycles. The van der Waals surface area contributed by atoms with E-state index in [4.69, 9.17) is 4.52 Å². The molecule has 0 aliphatic carbocycles. The summed E-state index contributed by atoms with van der Waals surface area (Å²) in [4.78, 5) is 8.43. The molecule has 34 heavy (non-hydrogen) atoms. The van der Waals surface area contributed by atoms with Gasteiger partial charge in [0.25, 0.3) is 0 Å². The lowest BCUT2D eigenvalue weighted by atomic mass is 10.0. The Morgan fingerprint density at radius 2 is 1.82 bits per heavy atom. The Bertz CT molecular complexity index is 1220. The minimum absolute atomic E-state index is 0.106. The molecule has 0 spiro atoms. The lowest BCUT2D eigenvalue weighted by Crippen LogP contribution is -2.51. The monoisotopic (exact) mass is 468 g/mol. The highest BCUT2D eigenvalue weighted by Gasteiger charge is 2.32. The van der Waals surface area contributed by atoms with E-state index in [0.717, 1.165) is 47.7 Å². The topological polar surface area (TPSA) is 74.1 Å². The fourth-order valence-electron chi connectivity index (χ4n) is 4.33. The maximum atomic E-state index is 12.8. The molecule has 4 heterocycles. The molecule has 1 aliphatic heterocycles. The molecule has 0 unspecified atom stereocenters. The van der Waals surface area contributed by atoms with Gasteiger partial charge in [-0.1, -0.05) is 29.4 Å². The number of aromatic nitrogens is 4. The number of nitrogens with one attached hydrogen (secondary N) is 1. The van der Waals surface area contributed by atoms with Gasteiger partial charge in [-0.3, -0.25) is 10.00 Å². The average molecular weight is 468 g/mol. The third kappa shape index (κ3) is 4.54. The summed E-state index contributed by atoms with van der Waals surface area (Å²) in [7, 11) is 0. The summed E-state index contributed by atoms with van der Waals surface area (Å²) in [6.45, 7) is 4.98. The second-order valence-corrected chi connectivity index (χ2v) is 8.40. The molecular formula is C24H23F3N6O. The number of nitrogens with zero attached hydrogens (tertiary/aromatic N) is 5. The number of hydrogen-bond donors (Lipinski definition) is 1. The van der Waals surface area contributed by atoms with E-state index in [1.807, 2.05) is 36.5 Å². The number of piperazine rings is 1. The van der Waals surface area contributed by atoms with E-state index >= 15 is 0 Å². The lowest BCUT2D eigenvalue weighted by molar-refractivity contribution is -0.137. The van der Waals surface area contributed by atoms with Crippen molar-refractivity contribution in [2.24, 2.45) is 0 Å². The van der Waals surface area contributed by atoms with E-state index in [1.165, 1.54) is 6.07 Å². The number of rotatable bonds is 5. The third-order valence-corrected chi connectivity index (χ3v) is 6.09. The highest BCUT2D eigenvalue weighted by Crippen LogP contribution is 2.30. The van der Waals surface area contributed by atoms with Gasteiger partial charge < -0.3 is 9.42 Å². The molecule has 1 aliphatic rings. The minimum Gasteiger partial charge on any atom is -0.356 e. The van der Waals surface area contributed by atoms with E-state index in [-0.39, 0.29) is 6.04 Å². The summed E-state index contributed by atoms with van der Waals surface area (Å²) in [6.07, 6.45) is -0.0208. The predicted octanol–water partition coefficient (Wildman–Crippen LogP) is 4.86. The van der Waals surface area contributed by atoms with Crippen LogP contribution in [0, 0.1) is 0 Å². The minimum atomic E-state index is -4.38. The van der Waals surface area contributed by atoms with Crippen molar-refractivity contribution in [2.75, 3.05) is 24.5 Å². The molecular weight excluding hydrogens is 445 g/mol. The molecule has 7 nitrogen and oxygen atoms in total. The molecule has 176 valence electrons. The number of aromatic amines is 1. The highest BCUT2D eigenvalue weighted by atomic mass is 19.4. The molecule has 1 fully saturated rings. The molecule has 0 bridgehead atoms. The molecule has 1 atom stereocenters.